The van der Waals surface area contributed by atoms with Crippen molar-refractivity contribution in [2.75, 3.05) is 27.8 Å². The molecule has 1 N–H and O–H groups in total. The third kappa shape index (κ3) is 4.91. The predicted octanol–water partition coefficient (Wildman–Crippen LogP) is 2.13. The van der Waals surface area contributed by atoms with Crippen molar-refractivity contribution >= 4 is 6.03 Å². The number of nitrogens with zero attached hydrogens (tertiary/aromatic N) is 3. The van der Waals surface area contributed by atoms with Crippen LogP contribution >= 0.6 is 0 Å². The van der Waals surface area contributed by atoms with E-state index >= 15 is 0 Å². The molecule has 0 spiro atoms. The molecular formula is C17H24N4O3. The number of aryl methyl sites for hydroxylation is 1. The molecule has 0 aliphatic heterocycles. The van der Waals surface area contributed by atoms with Gasteiger partial charge in [-0.2, -0.15) is 5.10 Å². The van der Waals surface area contributed by atoms with E-state index in [-0.39, 0.29) is 6.03 Å². The van der Waals surface area contributed by atoms with E-state index in [2.05, 4.69) is 10.4 Å². The number of ether oxygens (including phenoxy) is 2. The van der Waals surface area contributed by atoms with Crippen molar-refractivity contribution in [1.29, 1.82) is 0 Å². The molecule has 0 aliphatic rings. The number of hydrogen-bond donors (Lipinski definition) is 1. The first kappa shape index (κ1) is 17.7. The molecule has 0 saturated heterocycles. The molecule has 0 fully saturated rings. The first-order valence-corrected chi connectivity index (χ1v) is 7.81. The Bertz CT molecular complexity index is 643. The van der Waals surface area contributed by atoms with E-state index in [4.69, 9.17) is 9.47 Å². The summed E-state index contributed by atoms with van der Waals surface area (Å²) in [6.45, 7) is 1.81. The van der Waals surface area contributed by atoms with Crippen LogP contribution < -0.4 is 14.8 Å². The van der Waals surface area contributed by atoms with Gasteiger partial charge in [-0.15, -0.1) is 0 Å². The normalized spacial score (nSPS) is 10.3. The fourth-order valence-electron chi connectivity index (χ4n) is 2.34. The Morgan fingerprint density at radius 3 is 2.83 bits per heavy atom. The Kier molecular flexibility index (Phi) is 6.48. The van der Waals surface area contributed by atoms with Gasteiger partial charge in [0.05, 0.1) is 20.8 Å². The van der Waals surface area contributed by atoms with Crippen LogP contribution in [0, 0.1) is 0 Å². The smallest absolute Gasteiger partial charge is 0.317 e. The zero-order valence-corrected chi connectivity index (χ0v) is 14.4. The summed E-state index contributed by atoms with van der Waals surface area (Å²) in [7, 11) is 4.98. The molecule has 0 bridgehead atoms. The maximum absolute atomic E-state index is 12.2. The Labute approximate surface area is 142 Å². The van der Waals surface area contributed by atoms with Crippen molar-refractivity contribution in [2.45, 2.75) is 19.5 Å². The molecule has 2 aromatic rings. The Hall–Kier alpha value is -2.70. The molecule has 0 unspecified atom stereocenters. The zero-order valence-electron chi connectivity index (χ0n) is 14.4. The molecule has 0 atom stereocenters. The Morgan fingerprint density at radius 2 is 2.17 bits per heavy atom. The molecule has 0 saturated carbocycles. The van der Waals surface area contributed by atoms with Gasteiger partial charge in [-0.1, -0.05) is 0 Å². The number of rotatable bonds is 8. The van der Waals surface area contributed by atoms with Crippen LogP contribution in [0.2, 0.25) is 0 Å². The van der Waals surface area contributed by atoms with Crippen LogP contribution in [-0.4, -0.2) is 48.5 Å². The van der Waals surface area contributed by atoms with Crippen molar-refractivity contribution in [3.8, 4) is 11.5 Å². The summed E-state index contributed by atoms with van der Waals surface area (Å²) in [5.74, 6) is 1.47. The highest BCUT2D eigenvalue weighted by Crippen LogP contribution is 2.24. The zero-order chi connectivity index (χ0) is 17.4. The number of amides is 2. The molecule has 1 heterocycles. The highest BCUT2D eigenvalue weighted by Gasteiger charge is 2.12. The van der Waals surface area contributed by atoms with Gasteiger partial charge >= 0.3 is 6.03 Å². The minimum absolute atomic E-state index is 0.125. The summed E-state index contributed by atoms with van der Waals surface area (Å²) in [6.07, 6.45) is 4.47. The fraction of sp³-hybridized carbons (Fsp3) is 0.412. The summed E-state index contributed by atoms with van der Waals surface area (Å²) in [5, 5.41) is 7.03. The Balaban J connectivity index is 1.82. The van der Waals surface area contributed by atoms with Crippen LogP contribution in [0.15, 0.2) is 36.7 Å². The van der Waals surface area contributed by atoms with E-state index in [1.54, 1.807) is 32.4 Å². The van der Waals surface area contributed by atoms with Gasteiger partial charge < -0.3 is 19.7 Å². The number of benzene rings is 1. The molecule has 7 nitrogen and oxygen atoms in total. The highest BCUT2D eigenvalue weighted by molar-refractivity contribution is 5.73. The second kappa shape index (κ2) is 8.81. The third-order valence-electron chi connectivity index (χ3n) is 3.64. The van der Waals surface area contributed by atoms with Gasteiger partial charge in [0.2, 0.25) is 0 Å². The van der Waals surface area contributed by atoms with Crippen molar-refractivity contribution in [1.82, 2.24) is 20.0 Å². The largest absolute Gasteiger partial charge is 0.497 e. The fourth-order valence-corrected chi connectivity index (χ4v) is 2.34. The molecule has 1 aromatic heterocycles. The van der Waals surface area contributed by atoms with Crippen LogP contribution in [0.4, 0.5) is 4.79 Å². The molecule has 7 heteroatoms. The van der Waals surface area contributed by atoms with Gasteiger partial charge in [-0.05, 0) is 30.7 Å². The van der Waals surface area contributed by atoms with E-state index < -0.39 is 0 Å². The summed E-state index contributed by atoms with van der Waals surface area (Å²) < 4.78 is 12.4. The van der Waals surface area contributed by atoms with Crippen LogP contribution in [0.25, 0.3) is 0 Å². The third-order valence-corrected chi connectivity index (χ3v) is 3.64. The molecule has 130 valence electrons. The number of urea groups is 1. The van der Waals surface area contributed by atoms with Crippen LogP contribution in [0.1, 0.15) is 12.0 Å². The Morgan fingerprint density at radius 1 is 1.33 bits per heavy atom. The number of methoxy groups -OCH3 is 2. The quantitative estimate of drug-likeness (QED) is 0.752. The second-order valence-electron chi connectivity index (χ2n) is 5.39. The minimum Gasteiger partial charge on any atom is -0.497 e. The van der Waals surface area contributed by atoms with E-state index in [1.165, 1.54) is 0 Å². The van der Waals surface area contributed by atoms with Crippen LogP contribution in [-0.2, 0) is 13.1 Å². The molecular weight excluding hydrogens is 308 g/mol. The number of nitrogens with one attached hydrogen (secondary N) is 1. The maximum Gasteiger partial charge on any atom is 0.317 e. The first-order chi connectivity index (χ1) is 11.6. The monoisotopic (exact) mass is 332 g/mol. The maximum atomic E-state index is 12.2. The summed E-state index contributed by atoms with van der Waals surface area (Å²) >= 11 is 0. The minimum atomic E-state index is -0.125. The SMILES string of the molecule is COc1ccc(OC)c(CN(C)C(=O)NCCCn2cccn2)c1. The van der Waals surface area contributed by atoms with E-state index in [0.717, 1.165) is 30.0 Å². The lowest BCUT2D eigenvalue weighted by Crippen LogP contribution is -2.37. The van der Waals surface area contributed by atoms with Crippen molar-refractivity contribution in [3.05, 3.63) is 42.2 Å². The van der Waals surface area contributed by atoms with Gasteiger partial charge in [-0.3, -0.25) is 4.68 Å². The highest BCUT2D eigenvalue weighted by atomic mass is 16.5. The first-order valence-electron chi connectivity index (χ1n) is 7.81. The van der Waals surface area contributed by atoms with Gasteiger partial charge in [0.15, 0.2) is 0 Å². The van der Waals surface area contributed by atoms with E-state index in [0.29, 0.717) is 13.1 Å². The summed E-state index contributed by atoms with van der Waals surface area (Å²) in [5.41, 5.74) is 0.894. The number of aromatic nitrogens is 2. The average Bonchev–Trinajstić information content (AvgIpc) is 3.11. The molecule has 0 aliphatic carbocycles. The van der Waals surface area contributed by atoms with Crippen molar-refractivity contribution in [3.63, 3.8) is 0 Å². The lowest BCUT2D eigenvalue weighted by atomic mass is 10.2. The van der Waals surface area contributed by atoms with Crippen molar-refractivity contribution in [2.24, 2.45) is 0 Å². The van der Waals surface area contributed by atoms with Gasteiger partial charge in [0.1, 0.15) is 11.5 Å². The molecule has 2 rings (SSSR count). The van der Waals surface area contributed by atoms with E-state index in [9.17, 15) is 4.79 Å². The average molecular weight is 332 g/mol. The molecule has 0 radical (unpaired) electrons. The topological polar surface area (TPSA) is 68.6 Å². The van der Waals surface area contributed by atoms with Crippen LogP contribution in [0.3, 0.4) is 0 Å². The lowest BCUT2D eigenvalue weighted by Gasteiger charge is -2.20. The number of carbonyl (C=O) groups is 1. The lowest BCUT2D eigenvalue weighted by molar-refractivity contribution is 0.206. The van der Waals surface area contributed by atoms with Gasteiger partial charge in [0.25, 0.3) is 0 Å². The molecule has 2 amide bonds. The molecule has 24 heavy (non-hydrogen) atoms. The van der Waals surface area contributed by atoms with E-state index in [1.807, 2.05) is 35.1 Å². The van der Waals surface area contributed by atoms with Gasteiger partial charge in [-0.25, -0.2) is 4.79 Å². The summed E-state index contributed by atoms with van der Waals surface area (Å²) in [6, 6.07) is 7.30. The summed E-state index contributed by atoms with van der Waals surface area (Å²) in [4.78, 5) is 13.8. The number of hydrogen-bond acceptors (Lipinski definition) is 4. The van der Waals surface area contributed by atoms with Crippen molar-refractivity contribution < 1.29 is 14.3 Å². The van der Waals surface area contributed by atoms with Crippen LogP contribution in [0.5, 0.6) is 11.5 Å². The standard InChI is InChI=1S/C17H24N4O3/c1-20(13-14-12-15(23-2)6-7-16(14)24-3)17(22)18-8-4-10-21-11-5-9-19-21/h5-7,9,11-12H,4,8,10,13H2,1-3H3,(H,18,22). The number of carbonyl (C=O) groups excluding carboxylic acids is 1. The molecule has 1 aromatic carbocycles. The van der Waals surface area contributed by atoms with Gasteiger partial charge in [0, 0.05) is 38.1 Å². The predicted molar refractivity (Wildman–Crippen MR) is 91.3 cm³/mol. The second-order valence-corrected chi connectivity index (χ2v) is 5.39.